The summed E-state index contributed by atoms with van der Waals surface area (Å²) >= 11 is 0. The van der Waals surface area contributed by atoms with Gasteiger partial charge in [0, 0.05) is 18.6 Å². The number of rotatable bonds is 4. The maximum Gasteiger partial charge on any atom is 0.0278 e. The summed E-state index contributed by atoms with van der Waals surface area (Å²) < 4.78 is 0. The van der Waals surface area contributed by atoms with E-state index >= 15 is 0 Å². The minimum Gasteiger partial charge on any atom is -0.221 e. The van der Waals surface area contributed by atoms with Crippen molar-refractivity contribution in [1.82, 2.24) is 10.4 Å². The Morgan fingerprint density at radius 1 is 1.20 bits per heavy atom. The average Bonchev–Trinajstić information content (AvgIpc) is 2.77. The molecule has 2 rings (SSSR count). The van der Waals surface area contributed by atoms with Crippen molar-refractivity contribution in [3.05, 3.63) is 0 Å². The molecule has 2 saturated carbocycles. The van der Waals surface area contributed by atoms with Crippen LogP contribution in [-0.4, -0.2) is 23.6 Å². The molecule has 0 aromatic heterocycles. The second kappa shape index (κ2) is 2.51. The standard InChI is InChI=1S/C8H15N2/c1-2-9-10(7-3-4-7)8-5-6-8/h7-8H,2-6H2,1H3. The summed E-state index contributed by atoms with van der Waals surface area (Å²) in [4.78, 5) is 0. The molecular formula is C8H15N2. The minimum atomic E-state index is 0.840. The van der Waals surface area contributed by atoms with E-state index in [1.54, 1.807) is 0 Å². The SMILES string of the molecule is CC[N]N(C1CC1)C1CC1. The lowest BCUT2D eigenvalue weighted by Gasteiger charge is -2.18. The van der Waals surface area contributed by atoms with Crippen molar-refractivity contribution < 1.29 is 0 Å². The molecule has 0 atom stereocenters. The van der Waals surface area contributed by atoms with Gasteiger partial charge < -0.3 is 0 Å². The molecule has 1 radical (unpaired) electrons. The van der Waals surface area contributed by atoms with Crippen LogP contribution >= 0.6 is 0 Å². The highest BCUT2D eigenvalue weighted by Gasteiger charge is 2.39. The van der Waals surface area contributed by atoms with E-state index in [1.165, 1.54) is 25.7 Å². The van der Waals surface area contributed by atoms with Crippen molar-refractivity contribution in [1.29, 1.82) is 0 Å². The van der Waals surface area contributed by atoms with Crippen LogP contribution in [0.15, 0.2) is 0 Å². The fraction of sp³-hybridized carbons (Fsp3) is 1.00. The summed E-state index contributed by atoms with van der Waals surface area (Å²) in [5.41, 5.74) is 4.48. The highest BCUT2D eigenvalue weighted by Crippen LogP contribution is 2.35. The summed E-state index contributed by atoms with van der Waals surface area (Å²) in [6, 6.07) is 1.68. The Hall–Kier alpha value is -0.0800. The molecule has 2 nitrogen and oxygen atoms in total. The molecule has 2 aliphatic carbocycles. The predicted molar refractivity (Wildman–Crippen MR) is 40.6 cm³/mol. The Labute approximate surface area is 62.6 Å². The van der Waals surface area contributed by atoms with E-state index in [-0.39, 0.29) is 0 Å². The van der Waals surface area contributed by atoms with Gasteiger partial charge in [0.1, 0.15) is 0 Å². The molecule has 0 heterocycles. The first-order chi connectivity index (χ1) is 4.92. The summed E-state index contributed by atoms with van der Waals surface area (Å²) in [5.74, 6) is 0. The van der Waals surface area contributed by atoms with Crippen LogP contribution in [0.5, 0.6) is 0 Å². The Morgan fingerprint density at radius 2 is 1.70 bits per heavy atom. The van der Waals surface area contributed by atoms with E-state index in [2.05, 4.69) is 17.4 Å². The van der Waals surface area contributed by atoms with Crippen LogP contribution in [0.4, 0.5) is 0 Å². The van der Waals surface area contributed by atoms with E-state index in [4.69, 9.17) is 0 Å². The molecule has 0 aromatic rings. The second-order valence-corrected chi connectivity index (χ2v) is 3.30. The topological polar surface area (TPSA) is 17.3 Å². The summed E-state index contributed by atoms with van der Waals surface area (Å²) in [6.07, 6.45) is 5.56. The first-order valence-electron chi connectivity index (χ1n) is 4.37. The molecule has 57 valence electrons. The van der Waals surface area contributed by atoms with Crippen LogP contribution in [0.25, 0.3) is 0 Å². The van der Waals surface area contributed by atoms with E-state index in [0.29, 0.717) is 0 Å². The molecule has 2 fully saturated rings. The third kappa shape index (κ3) is 1.32. The Kier molecular flexibility index (Phi) is 1.66. The Morgan fingerprint density at radius 3 is 2.00 bits per heavy atom. The van der Waals surface area contributed by atoms with E-state index in [1.807, 2.05) is 0 Å². The maximum absolute atomic E-state index is 4.48. The largest absolute Gasteiger partial charge is 0.221 e. The van der Waals surface area contributed by atoms with Crippen molar-refractivity contribution in [3.8, 4) is 0 Å². The maximum atomic E-state index is 4.48. The zero-order valence-electron chi connectivity index (χ0n) is 6.58. The molecule has 0 unspecified atom stereocenters. The third-order valence-electron chi connectivity index (χ3n) is 2.15. The Balaban J connectivity index is 1.80. The Bertz CT molecular complexity index is 104. The van der Waals surface area contributed by atoms with Crippen LogP contribution in [0.1, 0.15) is 32.6 Å². The molecule has 10 heavy (non-hydrogen) atoms. The zero-order valence-corrected chi connectivity index (χ0v) is 6.58. The van der Waals surface area contributed by atoms with Gasteiger partial charge >= 0.3 is 0 Å². The highest BCUT2D eigenvalue weighted by atomic mass is 15.5. The van der Waals surface area contributed by atoms with Gasteiger partial charge in [-0.15, -0.1) is 0 Å². The monoisotopic (exact) mass is 139 g/mol. The molecule has 0 bridgehead atoms. The lowest BCUT2D eigenvalue weighted by molar-refractivity contribution is 0.163. The smallest absolute Gasteiger partial charge is 0.0278 e. The van der Waals surface area contributed by atoms with E-state index in [0.717, 1.165) is 18.6 Å². The molecule has 0 spiro atoms. The number of hydrogen-bond acceptors (Lipinski definition) is 1. The van der Waals surface area contributed by atoms with Gasteiger partial charge in [-0.1, -0.05) is 0 Å². The summed E-state index contributed by atoms with van der Waals surface area (Å²) in [6.45, 7) is 3.09. The van der Waals surface area contributed by atoms with Gasteiger partial charge in [0.05, 0.1) is 0 Å². The minimum absolute atomic E-state index is 0.840. The molecule has 0 N–H and O–H groups in total. The van der Waals surface area contributed by atoms with Gasteiger partial charge in [-0.3, -0.25) is 0 Å². The van der Waals surface area contributed by atoms with Gasteiger partial charge in [-0.2, -0.15) is 5.43 Å². The van der Waals surface area contributed by atoms with Crippen LogP contribution < -0.4 is 5.43 Å². The quantitative estimate of drug-likeness (QED) is 0.534. The predicted octanol–water partition coefficient (Wildman–Crippen LogP) is 1.15. The first kappa shape index (κ1) is 6.62. The van der Waals surface area contributed by atoms with Crippen molar-refractivity contribution in [2.24, 2.45) is 0 Å². The molecular weight excluding hydrogens is 124 g/mol. The van der Waals surface area contributed by atoms with Crippen molar-refractivity contribution in [2.45, 2.75) is 44.7 Å². The van der Waals surface area contributed by atoms with Crippen LogP contribution in [-0.2, 0) is 0 Å². The van der Waals surface area contributed by atoms with Crippen LogP contribution in [0.2, 0.25) is 0 Å². The lowest BCUT2D eigenvalue weighted by atomic mass is 10.5. The fourth-order valence-electron chi connectivity index (χ4n) is 1.37. The van der Waals surface area contributed by atoms with E-state index < -0.39 is 0 Å². The van der Waals surface area contributed by atoms with Gasteiger partial charge in [0.2, 0.25) is 0 Å². The van der Waals surface area contributed by atoms with Crippen molar-refractivity contribution in [2.75, 3.05) is 6.54 Å². The first-order valence-corrected chi connectivity index (χ1v) is 4.37. The van der Waals surface area contributed by atoms with Gasteiger partial charge in [0.25, 0.3) is 0 Å². The van der Waals surface area contributed by atoms with Crippen LogP contribution in [0, 0.1) is 0 Å². The van der Waals surface area contributed by atoms with Gasteiger partial charge in [-0.25, -0.2) is 5.01 Å². The van der Waals surface area contributed by atoms with Gasteiger partial charge in [0.15, 0.2) is 0 Å². The summed E-state index contributed by atoms with van der Waals surface area (Å²) in [5, 5.41) is 2.36. The zero-order chi connectivity index (χ0) is 6.97. The number of hydrogen-bond donors (Lipinski definition) is 0. The molecule has 0 amide bonds. The molecule has 0 aliphatic heterocycles. The average molecular weight is 139 g/mol. The van der Waals surface area contributed by atoms with Crippen LogP contribution in [0.3, 0.4) is 0 Å². The normalized spacial score (nSPS) is 25.8. The molecule has 2 heteroatoms. The van der Waals surface area contributed by atoms with Crippen molar-refractivity contribution in [3.63, 3.8) is 0 Å². The fourth-order valence-corrected chi connectivity index (χ4v) is 1.37. The summed E-state index contributed by atoms with van der Waals surface area (Å²) in [7, 11) is 0. The highest BCUT2D eigenvalue weighted by molar-refractivity contribution is 4.92. The molecule has 2 aliphatic rings. The van der Waals surface area contributed by atoms with Gasteiger partial charge in [-0.05, 0) is 32.6 Å². The lowest BCUT2D eigenvalue weighted by Crippen LogP contribution is -2.35. The second-order valence-electron chi connectivity index (χ2n) is 3.30. The third-order valence-corrected chi connectivity index (χ3v) is 2.15. The molecule has 0 saturated heterocycles. The van der Waals surface area contributed by atoms with Crippen molar-refractivity contribution >= 4 is 0 Å². The van der Waals surface area contributed by atoms with E-state index in [9.17, 15) is 0 Å². The number of nitrogens with zero attached hydrogens (tertiary/aromatic N) is 2. The molecule has 0 aromatic carbocycles.